The maximum atomic E-state index is 13.7. The smallest absolute Gasteiger partial charge is 0.416 e. The SMILES string of the molecule is O=C1N[C@H](CCC(=O)N2CC(OCc3ccc(C(F)(F)F)cc3F)C2)CO1. The molecule has 6 nitrogen and oxygen atoms in total. The topological polar surface area (TPSA) is 67.9 Å². The van der Waals surface area contributed by atoms with E-state index in [1.165, 1.54) is 0 Å². The van der Waals surface area contributed by atoms with Gasteiger partial charge in [-0.25, -0.2) is 9.18 Å². The van der Waals surface area contributed by atoms with Crippen molar-refractivity contribution in [3.8, 4) is 0 Å². The lowest BCUT2D eigenvalue weighted by Gasteiger charge is -2.39. The lowest BCUT2D eigenvalue weighted by Crippen LogP contribution is -2.54. The van der Waals surface area contributed by atoms with E-state index in [-0.39, 0.29) is 43.3 Å². The summed E-state index contributed by atoms with van der Waals surface area (Å²) in [5.41, 5.74) is -1.02. The third-order valence-electron chi connectivity index (χ3n) is 4.50. The number of alkyl halides is 3. The molecule has 1 atom stereocenters. The molecule has 0 radical (unpaired) electrons. The molecule has 27 heavy (non-hydrogen) atoms. The summed E-state index contributed by atoms with van der Waals surface area (Å²) < 4.78 is 61.5. The number of ether oxygens (including phenoxy) is 2. The number of nitrogens with one attached hydrogen (secondary N) is 1. The first-order valence-electron chi connectivity index (χ1n) is 8.40. The summed E-state index contributed by atoms with van der Waals surface area (Å²) in [5, 5.41) is 2.59. The molecule has 2 saturated heterocycles. The number of likely N-dealkylation sites (tertiary alicyclic amines) is 1. The molecule has 1 aromatic rings. The molecule has 0 bridgehead atoms. The number of hydrogen-bond acceptors (Lipinski definition) is 4. The van der Waals surface area contributed by atoms with Gasteiger partial charge in [0.15, 0.2) is 0 Å². The van der Waals surface area contributed by atoms with Crippen LogP contribution in [-0.4, -0.2) is 48.7 Å². The second-order valence-corrected chi connectivity index (χ2v) is 6.51. The fourth-order valence-electron chi connectivity index (χ4n) is 2.83. The summed E-state index contributed by atoms with van der Waals surface area (Å²) in [6.45, 7) is 0.766. The standard InChI is InChI=1S/C17H18F4N2O4/c18-14-5-11(17(19,20)21)2-1-10(14)8-26-13-6-23(7-13)15(24)4-3-12-9-27-16(25)22-12/h1-2,5,12-13H,3-4,6-9H2,(H,22,25)/t12-/m1/s1. The van der Waals surface area contributed by atoms with Gasteiger partial charge in [-0.2, -0.15) is 13.2 Å². The Morgan fingerprint density at radius 1 is 1.33 bits per heavy atom. The minimum absolute atomic E-state index is 0.0322. The highest BCUT2D eigenvalue weighted by atomic mass is 19.4. The molecule has 2 aliphatic heterocycles. The van der Waals surface area contributed by atoms with Crippen LogP contribution >= 0.6 is 0 Å². The molecule has 0 spiro atoms. The molecule has 2 fully saturated rings. The molecule has 0 saturated carbocycles. The highest BCUT2D eigenvalue weighted by Crippen LogP contribution is 2.30. The van der Waals surface area contributed by atoms with E-state index in [0.717, 1.165) is 12.1 Å². The number of alkyl carbamates (subject to hydrolysis) is 1. The van der Waals surface area contributed by atoms with Gasteiger partial charge in [-0.1, -0.05) is 6.07 Å². The number of amides is 2. The van der Waals surface area contributed by atoms with Crippen LogP contribution < -0.4 is 5.32 Å². The predicted octanol–water partition coefficient (Wildman–Crippen LogP) is 2.46. The minimum Gasteiger partial charge on any atom is -0.447 e. The van der Waals surface area contributed by atoms with Crippen LogP contribution in [0.15, 0.2) is 18.2 Å². The Morgan fingerprint density at radius 2 is 2.07 bits per heavy atom. The zero-order valence-electron chi connectivity index (χ0n) is 14.2. The van der Waals surface area contributed by atoms with Gasteiger partial charge < -0.3 is 19.7 Å². The van der Waals surface area contributed by atoms with Crippen LogP contribution in [0, 0.1) is 5.82 Å². The van der Waals surface area contributed by atoms with E-state index in [0.29, 0.717) is 25.6 Å². The number of nitrogens with zero attached hydrogens (tertiary/aromatic N) is 1. The molecular formula is C17H18F4N2O4. The molecular weight excluding hydrogens is 372 g/mol. The molecule has 10 heteroatoms. The Balaban J connectivity index is 1.38. The van der Waals surface area contributed by atoms with Gasteiger partial charge in [0.2, 0.25) is 5.91 Å². The zero-order chi connectivity index (χ0) is 19.6. The number of rotatable bonds is 6. The van der Waals surface area contributed by atoms with Crippen molar-refractivity contribution in [2.24, 2.45) is 0 Å². The number of benzene rings is 1. The van der Waals surface area contributed by atoms with E-state index in [1.807, 2.05) is 0 Å². The second kappa shape index (κ2) is 7.71. The quantitative estimate of drug-likeness (QED) is 0.758. The van der Waals surface area contributed by atoms with Crippen LogP contribution in [-0.2, 0) is 27.1 Å². The second-order valence-electron chi connectivity index (χ2n) is 6.51. The van der Waals surface area contributed by atoms with Crippen molar-refractivity contribution in [1.82, 2.24) is 10.2 Å². The molecule has 0 unspecified atom stereocenters. The third kappa shape index (κ3) is 4.88. The molecule has 148 valence electrons. The fourth-order valence-corrected chi connectivity index (χ4v) is 2.83. The summed E-state index contributed by atoms with van der Waals surface area (Å²) in [6, 6.07) is 2.14. The van der Waals surface area contributed by atoms with Gasteiger partial charge in [0.25, 0.3) is 0 Å². The number of halogens is 4. The molecule has 2 heterocycles. The van der Waals surface area contributed by atoms with Crippen LogP contribution in [0.4, 0.5) is 22.4 Å². The normalized spacial score (nSPS) is 20.2. The maximum absolute atomic E-state index is 13.7. The third-order valence-corrected chi connectivity index (χ3v) is 4.50. The van der Waals surface area contributed by atoms with Gasteiger partial charge in [-0.05, 0) is 18.6 Å². The van der Waals surface area contributed by atoms with Crippen LogP contribution in [0.3, 0.4) is 0 Å². The van der Waals surface area contributed by atoms with E-state index in [4.69, 9.17) is 9.47 Å². The average molecular weight is 390 g/mol. The van der Waals surface area contributed by atoms with Crippen molar-refractivity contribution in [3.63, 3.8) is 0 Å². The Labute approximate surface area is 152 Å². The van der Waals surface area contributed by atoms with Gasteiger partial charge in [-0.3, -0.25) is 4.79 Å². The Kier molecular flexibility index (Phi) is 5.54. The van der Waals surface area contributed by atoms with Crippen molar-refractivity contribution < 1.29 is 36.6 Å². The Morgan fingerprint density at radius 3 is 2.67 bits per heavy atom. The van der Waals surface area contributed by atoms with E-state index < -0.39 is 23.7 Å². The van der Waals surface area contributed by atoms with E-state index >= 15 is 0 Å². The minimum atomic E-state index is -4.59. The Hall–Kier alpha value is -2.36. The predicted molar refractivity (Wildman–Crippen MR) is 84.1 cm³/mol. The molecule has 3 rings (SSSR count). The summed E-state index contributed by atoms with van der Waals surface area (Å²) in [5.74, 6) is -1.06. The molecule has 2 aliphatic rings. The van der Waals surface area contributed by atoms with E-state index in [9.17, 15) is 27.2 Å². The first-order chi connectivity index (χ1) is 12.7. The summed E-state index contributed by atoms with van der Waals surface area (Å²) in [6.07, 6.45) is -4.63. The molecule has 1 aromatic carbocycles. The summed E-state index contributed by atoms with van der Waals surface area (Å²) in [7, 11) is 0. The first kappa shape index (κ1) is 19.4. The van der Waals surface area contributed by atoms with Gasteiger partial charge in [0, 0.05) is 25.1 Å². The number of cyclic esters (lactones) is 1. The van der Waals surface area contributed by atoms with E-state index in [1.54, 1.807) is 4.90 Å². The molecule has 0 aromatic heterocycles. The lowest BCUT2D eigenvalue weighted by atomic mass is 10.1. The summed E-state index contributed by atoms with van der Waals surface area (Å²) >= 11 is 0. The van der Waals surface area contributed by atoms with Crippen molar-refractivity contribution in [2.75, 3.05) is 19.7 Å². The number of hydrogen-bond donors (Lipinski definition) is 1. The first-order valence-corrected chi connectivity index (χ1v) is 8.40. The highest BCUT2D eigenvalue weighted by molar-refractivity contribution is 5.77. The van der Waals surface area contributed by atoms with Gasteiger partial charge in [-0.15, -0.1) is 0 Å². The van der Waals surface area contributed by atoms with E-state index in [2.05, 4.69) is 5.32 Å². The lowest BCUT2D eigenvalue weighted by molar-refractivity contribution is -0.146. The number of carbonyl (C=O) groups is 2. The Bertz CT molecular complexity index is 719. The van der Waals surface area contributed by atoms with Crippen molar-refractivity contribution in [3.05, 3.63) is 35.1 Å². The molecule has 2 amide bonds. The van der Waals surface area contributed by atoms with Crippen molar-refractivity contribution >= 4 is 12.0 Å². The van der Waals surface area contributed by atoms with Gasteiger partial charge in [0.05, 0.1) is 24.3 Å². The average Bonchev–Trinajstić information content (AvgIpc) is 2.97. The largest absolute Gasteiger partial charge is 0.447 e. The zero-order valence-corrected chi connectivity index (χ0v) is 14.2. The maximum Gasteiger partial charge on any atom is 0.416 e. The fraction of sp³-hybridized carbons (Fsp3) is 0.529. The van der Waals surface area contributed by atoms with Crippen LogP contribution in [0.25, 0.3) is 0 Å². The van der Waals surface area contributed by atoms with Crippen LogP contribution in [0.1, 0.15) is 24.0 Å². The van der Waals surface area contributed by atoms with Gasteiger partial charge >= 0.3 is 12.3 Å². The molecule has 0 aliphatic carbocycles. The van der Waals surface area contributed by atoms with Crippen molar-refractivity contribution in [1.29, 1.82) is 0 Å². The number of carbonyl (C=O) groups excluding carboxylic acids is 2. The summed E-state index contributed by atoms with van der Waals surface area (Å²) in [4.78, 5) is 24.5. The highest BCUT2D eigenvalue weighted by Gasteiger charge is 2.33. The monoisotopic (exact) mass is 390 g/mol. The van der Waals surface area contributed by atoms with Crippen molar-refractivity contribution in [2.45, 2.75) is 37.8 Å². The van der Waals surface area contributed by atoms with Gasteiger partial charge in [0.1, 0.15) is 12.4 Å². The van der Waals surface area contributed by atoms with Crippen LogP contribution in [0.5, 0.6) is 0 Å². The molecule has 1 N–H and O–H groups in total. The van der Waals surface area contributed by atoms with Crippen LogP contribution in [0.2, 0.25) is 0 Å².